The number of benzene rings is 1. The van der Waals surface area contributed by atoms with Crippen molar-refractivity contribution in [2.75, 3.05) is 0 Å². The van der Waals surface area contributed by atoms with Gasteiger partial charge in [0.1, 0.15) is 0 Å². The number of hydrogen-bond donors (Lipinski definition) is 0. The Kier molecular flexibility index (Phi) is 4.35. The minimum absolute atomic E-state index is 0.0928. The van der Waals surface area contributed by atoms with Crippen LogP contribution < -0.4 is 0 Å². The molecule has 3 unspecified atom stereocenters. The number of fused-ring (bicyclic) bond motifs is 2. The average molecular weight is 302 g/mol. The summed E-state index contributed by atoms with van der Waals surface area (Å²) in [6, 6.07) is 8.50. The number of aryl methyl sites for hydroxylation is 1. The van der Waals surface area contributed by atoms with Gasteiger partial charge in [0, 0.05) is 0 Å². The van der Waals surface area contributed by atoms with Crippen molar-refractivity contribution in [2.24, 2.45) is 5.92 Å². The van der Waals surface area contributed by atoms with E-state index in [9.17, 15) is 0 Å². The minimum Gasteiger partial charge on any atom is -0.371 e. The van der Waals surface area contributed by atoms with Crippen molar-refractivity contribution in [3.8, 4) is 0 Å². The zero-order valence-electron chi connectivity index (χ0n) is 14.5. The molecule has 1 saturated carbocycles. The number of ether oxygens (including phenoxy) is 2. The van der Waals surface area contributed by atoms with Crippen molar-refractivity contribution in [1.29, 1.82) is 0 Å². The lowest BCUT2D eigenvalue weighted by molar-refractivity contribution is -0.164. The molecule has 0 aromatic heterocycles. The maximum atomic E-state index is 6.67. The Morgan fingerprint density at radius 2 is 1.91 bits per heavy atom. The van der Waals surface area contributed by atoms with E-state index in [1.54, 1.807) is 0 Å². The van der Waals surface area contributed by atoms with E-state index < -0.39 is 0 Å². The molecule has 0 spiro atoms. The molecule has 1 aliphatic heterocycles. The molecule has 1 aromatic rings. The molecular weight excluding hydrogens is 272 g/mol. The van der Waals surface area contributed by atoms with Crippen molar-refractivity contribution < 1.29 is 9.47 Å². The van der Waals surface area contributed by atoms with E-state index in [0.717, 1.165) is 25.7 Å². The van der Waals surface area contributed by atoms with Gasteiger partial charge in [-0.1, -0.05) is 38.1 Å². The van der Waals surface area contributed by atoms with Gasteiger partial charge in [0.15, 0.2) is 0 Å². The highest BCUT2D eigenvalue weighted by molar-refractivity contribution is 5.24. The van der Waals surface area contributed by atoms with E-state index in [1.165, 1.54) is 17.5 Å². The van der Waals surface area contributed by atoms with Gasteiger partial charge in [-0.3, -0.25) is 0 Å². The molecule has 2 fully saturated rings. The van der Waals surface area contributed by atoms with E-state index in [2.05, 4.69) is 52.0 Å². The highest BCUT2D eigenvalue weighted by Crippen LogP contribution is 2.54. The van der Waals surface area contributed by atoms with Crippen LogP contribution in [-0.2, 0) is 16.1 Å². The number of hydrogen-bond acceptors (Lipinski definition) is 2. The quantitative estimate of drug-likeness (QED) is 0.759. The maximum Gasteiger partial charge on any atom is 0.0926 e. The third-order valence-corrected chi connectivity index (χ3v) is 6.19. The van der Waals surface area contributed by atoms with Gasteiger partial charge in [0.25, 0.3) is 0 Å². The van der Waals surface area contributed by atoms with E-state index in [0.29, 0.717) is 12.5 Å². The van der Waals surface area contributed by atoms with Crippen LogP contribution in [0.4, 0.5) is 0 Å². The standard InChI is InChI=1S/C20H30O2/c1-5-20(6-2)17-11-12-18(19(4,13-17)22-20)21-14-16-10-8-7-9-15(16)3/h7-10,17-18H,5-6,11-14H2,1-4H3. The smallest absolute Gasteiger partial charge is 0.0926 e. The van der Waals surface area contributed by atoms with Gasteiger partial charge in [-0.05, 0) is 63.0 Å². The molecule has 1 saturated heterocycles. The molecule has 3 atom stereocenters. The molecule has 1 heterocycles. The topological polar surface area (TPSA) is 18.5 Å². The molecule has 122 valence electrons. The zero-order valence-corrected chi connectivity index (χ0v) is 14.5. The van der Waals surface area contributed by atoms with Gasteiger partial charge in [-0.15, -0.1) is 0 Å². The van der Waals surface area contributed by atoms with Gasteiger partial charge in [-0.25, -0.2) is 0 Å². The monoisotopic (exact) mass is 302 g/mol. The van der Waals surface area contributed by atoms with Crippen LogP contribution in [0.1, 0.15) is 64.0 Å². The molecule has 0 radical (unpaired) electrons. The molecule has 0 amide bonds. The van der Waals surface area contributed by atoms with Gasteiger partial charge in [0.05, 0.1) is 23.9 Å². The van der Waals surface area contributed by atoms with Crippen LogP contribution in [0.25, 0.3) is 0 Å². The van der Waals surface area contributed by atoms with Crippen molar-refractivity contribution >= 4 is 0 Å². The predicted octanol–water partition coefficient (Wildman–Crippen LogP) is 5.03. The Morgan fingerprint density at radius 1 is 1.18 bits per heavy atom. The Balaban J connectivity index is 1.70. The fourth-order valence-electron chi connectivity index (χ4n) is 4.68. The lowest BCUT2D eigenvalue weighted by Crippen LogP contribution is -2.43. The third kappa shape index (κ3) is 2.61. The molecule has 2 aliphatic rings. The van der Waals surface area contributed by atoms with Crippen molar-refractivity contribution in [3.05, 3.63) is 35.4 Å². The van der Waals surface area contributed by atoms with Crippen molar-refractivity contribution in [2.45, 2.75) is 83.7 Å². The van der Waals surface area contributed by atoms with Gasteiger partial charge < -0.3 is 9.47 Å². The predicted molar refractivity (Wildman–Crippen MR) is 89.9 cm³/mol. The normalized spacial score (nSPS) is 33.1. The first-order valence-electron chi connectivity index (χ1n) is 8.89. The lowest BCUT2D eigenvalue weighted by atomic mass is 9.72. The first-order valence-corrected chi connectivity index (χ1v) is 8.89. The Morgan fingerprint density at radius 3 is 2.59 bits per heavy atom. The summed E-state index contributed by atoms with van der Waals surface area (Å²) in [5.41, 5.74) is 2.60. The van der Waals surface area contributed by atoms with Crippen LogP contribution in [0.3, 0.4) is 0 Å². The highest BCUT2D eigenvalue weighted by atomic mass is 16.6. The molecule has 1 aliphatic carbocycles. The fourth-order valence-corrected chi connectivity index (χ4v) is 4.68. The Bertz CT molecular complexity index is 520. The van der Waals surface area contributed by atoms with Crippen molar-refractivity contribution in [3.63, 3.8) is 0 Å². The fraction of sp³-hybridized carbons (Fsp3) is 0.700. The van der Waals surface area contributed by atoms with Gasteiger partial charge in [-0.2, -0.15) is 0 Å². The summed E-state index contributed by atoms with van der Waals surface area (Å²) in [5, 5.41) is 0. The molecule has 1 aromatic carbocycles. The van der Waals surface area contributed by atoms with Crippen LogP contribution in [-0.4, -0.2) is 17.3 Å². The second kappa shape index (κ2) is 5.98. The summed E-state index contributed by atoms with van der Waals surface area (Å²) < 4.78 is 13.0. The SMILES string of the molecule is CCC1(CC)OC2(C)CC1CCC2OCc1ccccc1C. The van der Waals surface area contributed by atoms with E-state index in [4.69, 9.17) is 9.47 Å². The van der Waals surface area contributed by atoms with E-state index >= 15 is 0 Å². The van der Waals surface area contributed by atoms with Crippen LogP contribution in [0.5, 0.6) is 0 Å². The zero-order chi connectivity index (χ0) is 15.8. The molecule has 22 heavy (non-hydrogen) atoms. The summed E-state index contributed by atoms with van der Waals surface area (Å²) in [4.78, 5) is 0. The second-order valence-electron chi connectivity index (χ2n) is 7.39. The van der Waals surface area contributed by atoms with E-state index in [-0.39, 0.29) is 17.3 Å². The van der Waals surface area contributed by atoms with Crippen LogP contribution >= 0.6 is 0 Å². The summed E-state index contributed by atoms with van der Waals surface area (Å²) in [7, 11) is 0. The van der Waals surface area contributed by atoms with Crippen LogP contribution in [0.2, 0.25) is 0 Å². The average Bonchev–Trinajstić information content (AvgIpc) is 2.76. The molecule has 0 N–H and O–H groups in total. The second-order valence-corrected chi connectivity index (χ2v) is 7.39. The van der Waals surface area contributed by atoms with Crippen molar-refractivity contribution in [1.82, 2.24) is 0 Å². The first kappa shape index (κ1) is 16.0. The largest absolute Gasteiger partial charge is 0.371 e. The Hall–Kier alpha value is -0.860. The van der Waals surface area contributed by atoms with E-state index in [1.807, 2.05) is 0 Å². The summed E-state index contributed by atoms with van der Waals surface area (Å²) >= 11 is 0. The molecule has 2 heteroatoms. The molecule has 3 rings (SSSR count). The molecule has 2 nitrogen and oxygen atoms in total. The Labute approximate surface area is 135 Å². The summed E-state index contributed by atoms with van der Waals surface area (Å²) in [6.45, 7) is 9.68. The van der Waals surface area contributed by atoms with Crippen LogP contribution in [0, 0.1) is 12.8 Å². The van der Waals surface area contributed by atoms with Gasteiger partial charge in [0.2, 0.25) is 0 Å². The minimum atomic E-state index is -0.0996. The molecule has 2 bridgehead atoms. The van der Waals surface area contributed by atoms with Crippen LogP contribution in [0.15, 0.2) is 24.3 Å². The lowest BCUT2D eigenvalue weighted by Gasteiger charge is -2.36. The number of rotatable bonds is 5. The first-order chi connectivity index (χ1) is 10.5. The molecular formula is C20H30O2. The van der Waals surface area contributed by atoms with Gasteiger partial charge >= 0.3 is 0 Å². The third-order valence-electron chi connectivity index (χ3n) is 6.19. The highest BCUT2D eigenvalue weighted by Gasteiger charge is 2.57. The maximum absolute atomic E-state index is 6.67. The summed E-state index contributed by atoms with van der Waals surface area (Å²) in [6.07, 6.45) is 6.00. The summed E-state index contributed by atoms with van der Waals surface area (Å²) in [5.74, 6) is 0.714.